The number of nitrogens with zero attached hydrogens (tertiary/aromatic N) is 2. The number of aromatic nitrogens is 2. The van der Waals surface area contributed by atoms with Gasteiger partial charge < -0.3 is 9.84 Å². The van der Waals surface area contributed by atoms with Gasteiger partial charge in [-0.05, 0) is 37.9 Å². The van der Waals surface area contributed by atoms with E-state index >= 15 is 0 Å². The van der Waals surface area contributed by atoms with Crippen LogP contribution in [0, 0.1) is 0 Å². The number of hydrogen-bond donors (Lipinski definition) is 1. The van der Waals surface area contributed by atoms with Crippen molar-refractivity contribution in [3.63, 3.8) is 0 Å². The predicted molar refractivity (Wildman–Crippen MR) is 78.7 cm³/mol. The fourth-order valence-corrected chi connectivity index (χ4v) is 2.88. The summed E-state index contributed by atoms with van der Waals surface area (Å²) >= 11 is 6.69. The van der Waals surface area contributed by atoms with Crippen LogP contribution in [0.1, 0.15) is 10.5 Å². The maximum Gasteiger partial charge on any atom is 0.360 e. The summed E-state index contributed by atoms with van der Waals surface area (Å²) in [5.41, 5.74) is -0.636. The van der Waals surface area contributed by atoms with Crippen molar-refractivity contribution < 1.29 is 14.6 Å². The van der Waals surface area contributed by atoms with E-state index in [0.717, 1.165) is 10.5 Å². The van der Waals surface area contributed by atoms with Crippen molar-refractivity contribution >= 4 is 37.8 Å². The van der Waals surface area contributed by atoms with Crippen LogP contribution in [0.15, 0.2) is 38.1 Å². The molecule has 8 heteroatoms. The number of carbonyl (C=O) groups is 1. The van der Waals surface area contributed by atoms with Gasteiger partial charge in [-0.15, -0.1) is 0 Å². The lowest BCUT2D eigenvalue weighted by atomic mass is 10.3. The van der Waals surface area contributed by atoms with E-state index in [1.807, 2.05) is 0 Å². The van der Waals surface area contributed by atoms with Crippen molar-refractivity contribution in [2.75, 3.05) is 7.11 Å². The van der Waals surface area contributed by atoms with Gasteiger partial charge >= 0.3 is 5.97 Å². The van der Waals surface area contributed by atoms with Gasteiger partial charge in [0.05, 0.1) is 17.3 Å². The fourth-order valence-electron chi connectivity index (χ4n) is 1.54. The van der Waals surface area contributed by atoms with Crippen molar-refractivity contribution in [1.29, 1.82) is 0 Å². The summed E-state index contributed by atoms with van der Waals surface area (Å²) in [7, 11) is 1.51. The van der Waals surface area contributed by atoms with Crippen LogP contribution < -0.4 is 10.2 Å². The molecule has 0 spiro atoms. The van der Waals surface area contributed by atoms with Gasteiger partial charge in [-0.2, -0.15) is 5.10 Å². The molecule has 0 saturated heterocycles. The van der Waals surface area contributed by atoms with Gasteiger partial charge in [0.15, 0.2) is 0 Å². The monoisotopic (exact) mass is 402 g/mol. The van der Waals surface area contributed by atoms with Gasteiger partial charge in [-0.3, -0.25) is 4.79 Å². The molecule has 20 heavy (non-hydrogen) atoms. The second-order valence-corrected chi connectivity index (χ2v) is 5.43. The lowest BCUT2D eigenvalue weighted by Crippen LogP contribution is -2.20. The number of benzene rings is 1. The Labute approximate surface area is 130 Å². The first kappa shape index (κ1) is 14.7. The number of halogens is 2. The maximum absolute atomic E-state index is 11.4. The van der Waals surface area contributed by atoms with Gasteiger partial charge in [-0.1, -0.05) is 0 Å². The minimum absolute atomic E-state index is 0.540. The zero-order chi connectivity index (χ0) is 14.9. The molecule has 1 N–H and O–H groups in total. The van der Waals surface area contributed by atoms with E-state index in [1.54, 1.807) is 12.1 Å². The van der Waals surface area contributed by atoms with Crippen LogP contribution in [-0.4, -0.2) is 28.0 Å². The molecule has 0 aliphatic heterocycles. The van der Waals surface area contributed by atoms with Crippen molar-refractivity contribution in [3.8, 4) is 11.4 Å². The fraction of sp³-hybridized carbons (Fsp3) is 0.0833. The van der Waals surface area contributed by atoms with Crippen LogP contribution >= 0.6 is 31.9 Å². The minimum atomic E-state index is -1.37. The lowest BCUT2D eigenvalue weighted by Gasteiger charge is -2.11. The number of methoxy groups -OCH3 is 1. The highest BCUT2D eigenvalue weighted by molar-refractivity contribution is 9.11. The highest BCUT2D eigenvalue weighted by Gasteiger charge is 2.14. The number of carboxylic acids is 1. The summed E-state index contributed by atoms with van der Waals surface area (Å²) in [6, 6.07) is 4.56. The van der Waals surface area contributed by atoms with Crippen molar-refractivity contribution in [3.05, 3.63) is 49.3 Å². The van der Waals surface area contributed by atoms with Gasteiger partial charge in [-0.25, -0.2) is 9.48 Å². The molecule has 1 aromatic heterocycles. The highest BCUT2D eigenvalue weighted by atomic mass is 79.9. The maximum atomic E-state index is 11.4. The first-order chi connectivity index (χ1) is 9.43. The molecule has 2 rings (SSSR count). The molecule has 0 aliphatic rings. The van der Waals surface area contributed by atoms with Crippen LogP contribution in [0.2, 0.25) is 0 Å². The van der Waals surface area contributed by atoms with E-state index in [9.17, 15) is 9.59 Å². The van der Waals surface area contributed by atoms with Gasteiger partial charge in [0.1, 0.15) is 5.75 Å². The Hall–Kier alpha value is -1.67. The quantitative estimate of drug-likeness (QED) is 0.851. The lowest BCUT2D eigenvalue weighted by molar-refractivity contribution is 0.0687. The highest BCUT2D eigenvalue weighted by Crippen LogP contribution is 2.33. The Morgan fingerprint density at radius 2 is 2.05 bits per heavy atom. The van der Waals surface area contributed by atoms with E-state index in [-0.39, 0.29) is 0 Å². The van der Waals surface area contributed by atoms with Gasteiger partial charge in [0, 0.05) is 22.8 Å². The molecule has 0 fully saturated rings. The van der Waals surface area contributed by atoms with E-state index in [0.29, 0.717) is 15.9 Å². The zero-order valence-corrected chi connectivity index (χ0v) is 13.3. The summed E-state index contributed by atoms with van der Waals surface area (Å²) in [6.45, 7) is 0. The molecular formula is C12H8Br2N2O4. The second kappa shape index (κ2) is 5.76. The third kappa shape index (κ3) is 2.75. The minimum Gasteiger partial charge on any atom is -0.495 e. The number of hydrogen-bond acceptors (Lipinski definition) is 4. The van der Waals surface area contributed by atoms with Crippen LogP contribution in [0.25, 0.3) is 5.69 Å². The molecule has 0 aliphatic carbocycles. The molecule has 6 nitrogen and oxygen atoms in total. The van der Waals surface area contributed by atoms with Gasteiger partial charge in [0.25, 0.3) is 0 Å². The Balaban J connectivity index is 2.65. The molecule has 0 radical (unpaired) electrons. The summed E-state index contributed by atoms with van der Waals surface area (Å²) in [4.78, 5) is 22.4. The summed E-state index contributed by atoms with van der Waals surface area (Å²) < 4.78 is 7.87. The van der Waals surface area contributed by atoms with Crippen LogP contribution in [0.4, 0.5) is 0 Å². The molecule has 1 heterocycles. The average molecular weight is 404 g/mol. The Morgan fingerprint density at radius 1 is 1.35 bits per heavy atom. The Bertz CT molecular complexity index is 743. The van der Waals surface area contributed by atoms with E-state index in [4.69, 9.17) is 9.84 Å². The third-order valence-corrected chi connectivity index (χ3v) is 3.73. The van der Waals surface area contributed by atoms with Crippen molar-refractivity contribution in [2.45, 2.75) is 0 Å². The van der Waals surface area contributed by atoms with E-state index in [2.05, 4.69) is 37.0 Å². The zero-order valence-electron chi connectivity index (χ0n) is 10.1. The summed E-state index contributed by atoms with van der Waals surface area (Å²) in [5, 5.41) is 12.7. The van der Waals surface area contributed by atoms with E-state index in [1.165, 1.54) is 18.0 Å². The molecule has 0 amide bonds. The second-order valence-electron chi connectivity index (χ2n) is 3.72. The molecule has 2 aromatic rings. The van der Waals surface area contributed by atoms with Crippen LogP contribution in [0.3, 0.4) is 0 Å². The molecule has 1 aromatic carbocycles. The largest absolute Gasteiger partial charge is 0.495 e. The SMILES string of the molecule is COc1cc(-n2ccc(=O)c(C(=O)O)n2)c(Br)cc1Br. The molecule has 104 valence electrons. The number of ether oxygens (including phenoxy) is 1. The molecule has 0 bridgehead atoms. The topological polar surface area (TPSA) is 81.4 Å². The molecule has 0 saturated carbocycles. The van der Waals surface area contributed by atoms with E-state index < -0.39 is 17.1 Å². The smallest absolute Gasteiger partial charge is 0.360 e. The summed E-state index contributed by atoms with van der Waals surface area (Å²) in [5.74, 6) is -0.815. The normalized spacial score (nSPS) is 10.3. The average Bonchev–Trinajstić information content (AvgIpc) is 2.39. The Kier molecular flexibility index (Phi) is 4.24. The number of rotatable bonds is 3. The van der Waals surface area contributed by atoms with Crippen molar-refractivity contribution in [2.24, 2.45) is 0 Å². The number of carboxylic acid groups (broad SMARTS) is 1. The number of aromatic carboxylic acids is 1. The van der Waals surface area contributed by atoms with Gasteiger partial charge in [0.2, 0.25) is 11.1 Å². The van der Waals surface area contributed by atoms with Crippen molar-refractivity contribution in [1.82, 2.24) is 9.78 Å². The molecule has 0 atom stereocenters. The van der Waals surface area contributed by atoms with Crippen LogP contribution in [-0.2, 0) is 0 Å². The molecular weight excluding hydrogens is 396 g/mol. The predicted octanol–water partition coefficient (Wildman–Crippen LogP) is 2.46. The Morgan fingerprint density at radius 3 is 2.65 bits per heavy atom. The standard InChI is InChI=1S/C12H8Br2N2O4/c1-20-10-5-8(6(13)4-7(10)14)16-3-2-9(17)11(15-16)12(18)19/h2-5H,1H3,(H,18,19). The first-order valence-corrected chi connectivity index (χ1v) is 6.89. The van der Waals surface area contributed by atoms with Crippen LogP contribution in [0.5, 0.6) is 5.75 Å². The summed E-state index contributed by atoms with van der Waals surface area (Å²) in [6.07, 6.45) is 1.39. The first-order valence-electron chi connectivity index (χ1n) is 5.30. The molecule has 0 unspecified atom stereocenters. The third-order valence-electron chi connectivity index (χ3n) is 2.48.